The quantitative estimate of drug-likeness (QED) is 0.879. The van der Waals surface area contributed by atoms with Crippen molar-refractivity contribution in [1.82, 2.24) is 10.1 Å². The molecule has 1 unspecified atom stereocenters. The summed E-state index contributed by atoms with van der Waals surface area (Å²) >= 11 is 3.38. The molecule has 1 aromatic carbocycles. The van der Waals surface area contributed by atoms with E-state index in [9.17, 15) is 0 Å². The number of benzene rings is 1. The highest BCUT2D eigenvalue weighted by atomic mass is 79.9. The van der Waals surface area contributed by atoms with Crippen molar-refractivity contribution in [3.8, 4) is 0 Å². The Kier molecular flexibility index (Phi) is 4.46. The Morgan fingerprint density at radius 3 is 2.72 bits per heavy atom. The monoisotopic (exact) mass is 311 g/mol. The maximum Gasteiger partial charge on any atom is 0.243 e. The second-order valence-corrected chi connectivity index (χ2v) is 4.89. The number of hydrogen-bond acceptors (Lipinski definition) is 5. The van der Waals surface area contributed by atoms with Gasteiger partial charge in [-0.3, -0.25) is 0 Å². The lowest BCUT2D eigenvalue weighted by Gasteiger charge is -2.01. The highest BCUT2D eigenvalue weighted by Crippen LogP contribution is 2.15. The lowest BCUT2D eigenvalue weighted by molar-refractivity contribution is 0.259. The molecule has 0 aliphatic carbocycles. The molecule has 0 spiro atoms. The Morgan fingerprint density at radius 1 is 1.33 bits per heavy atom. The van der Waals surface area contributed by atoms with Crippen LogP contribution in [0.2, 0.25) is 0 Å². The highest BCUT2D eigenvalue weighted by Gasteiger charge is 2.14. The van der Waals surface area contributed by atoms with Gasteiger partial charge in [0.15, 0.2) is 5.82 Å². The molecule has 0 aliphatic rings. The van der Waals surface area contributed by atoms with Crippen LogP contribution in [-0.4, -0.2) is 21.9 Å². The SMILES string of the molecule is NC(CCO)c1nc(Cc2ccc(Br)cc2)no1. The third-order valence-electron chi connectivity index (χ3n) is 2.52. The van der Waals surface area contributed by atoms with E-state index in [-0.39, 0.29) is 6.61 Å². The van der Waals surface area contributed by atoms with Crippen molar-refractivity contribution < 1.29 is 9.63 Å². The normalized spacial score (nSPS) is 12.6. The van der Waals surface area contributed by atoms with Crippen molar-refractivity contribution in [1.29, 1.82) is 0 Å². The van der Waals surface area contributed by atoms with Crippen LogP contribution in [0.4, 0.5) is 0 Å². The Morgan fingerprint density at radius 2 is 2.06 bits per heavy atom. The minimum atomic E-state index is -0.402. The number of hydrogen-bond donors (Lipinski definition) is 2. The summed E-state index contributed by atoms with van der Waals surface area (Å²) in [6.45, 7) is 0.00555. The third kappa shape index (κ3) is 3.38. The molecule has 2 rings (SSSR count). The van der Waals surface area contributed by atoms with Crippen LogP contribution in [0, 0.1) is 0 Å². The zero-order valence-electron chi connectivity index (χ0n) is 9.71. The molecule has 18 heavy (non-hydrogen) atoms. The van der Waals surface area contributed by atoms with Crippen LogP contribution >= 0.6 is 15.9 Å². The van der Waals surface area contributed by atoms with E-state index in [0.717, 1.165) is 10.0 Å². The van der Waals surface area contributed by atoms with Crippen LogP contribution in [0.1, 0.15) is 29.7 Å². The third-order valence-corrected chi connectivity index (χ3v) is 3.05. The average Bonchev–Trinajstić information content (AvgIpc) is 2.81. The van der Waals surface area contributed by atoms with Crippen LogP contribution in [0.3, 0.4) is 0 Å². The molecule has 96 valence electrons. The molecule has 2 aromatic rings. The van der Waals surface area contributed by atoms with Crippen LogP contribution in [-0.2, 0) is 6.42 Å². The molecular formula is C12H14BrN3O2. The van der Waals surface area contributed by atoms with E-state index in [4.69, 9.17) is 15.4 Å². The summed E-state index contributed by atoms with van der Waals surface area (Å²) in [6, 6.07) is 7.52. The van der Waals surface area contributed by atoms with E-state index in [1.807, 2.05) is 24.3 Å². The number of aliphatic hydroxyl groups excluding tert-OH is 1. The predicted octanol–water partition coefficient (Wildman–Crippen LogP) is 1.81. The van der Waals surface area contributed by atoms with Gasteiger partial charge >= 0.3 is 0 Å². The Hall–Kier alpha value is -1.24. The summed E-state index contributed by atoms with van der Waals surface area (Å²) in [5.41, 5.74) is 6.87. The van der Waals surface area contributed by atoms with Gasteiger partial charge in [-0.05, 0) is 24.1 Å². The number of rotatable bonds is 5. The van der Waals surface area contributed by atoms with Gasteiger partial charge in [-0.2, -0.15) is 4.98 Å². The lowest BCUT2D eigenvalue weighted by Crippen LogP contribution is -2.12. The number of halogens is 1. The van der Waals surface area contributed by atoms with Crippen LogP contribution in [0.5, 0.6) is 0 Å². The van der Waals surface area contributed by atoms with Gasteiger partial charge < -0.3 is 15.4 Å². The maximum absolute atomic E-state index is 8.79. The van der Waals surface area contributed by atoms with Gasteiger partial charge in [0.2, 0.25) is 5.89 Å². The fourth-order valence-corrected chi connectivity index (χ4v) is 1.80. The fourth-order valence-electron chi connectivity index (χ4n) is 1.54. The van der Waals surface area contributed by atoms with E-state index >= 15 is 0 Å². The Labute approximate surface area is 113 Å². The maximum atomic E-state index is 8.79. The van der Waals surface area contributed by atoms with Gasteiger partial charge in [-0.1, -0.05) is 33.2 Å². The largest absolute Gasteiger partial charge is 0.396 e. The first-order chi connectivity index (χ1) is 8.69. The molecule has 0 radical (unpaired) electrons. The zero-order valence-corrected chi connectivity index (χ0v) is 11.3. The smallest absolute Gasteiger partial charge is 0.243 e. The van der Waals surface area contributed by atoms with Gasteiger partial charge in [0.1, 0.15) is 0 Å². The van der Waals surface area contributed by atoms with Gasteiger partial charge in [0, 0.05) is 17.5 Å². The fraction of sp³-hybridized carbons (Fsp3) is 0.333. The number of nitrogens with zero attached hydrogens (tertiary/aromatic N) is 2. The summed E-state index contributed by atoms with van der Waals surface area (Å²) in [7, 11) is 0. The lowest BCUT2D eigenvalue weighted by atomic mass is 10.1. The average molecular weight is 312 g/mol. The van der Waals surface area contributed by atoms with Crippen LogP contribution in [0.25, 0.3) is 0 Å². The van der Waals surface area contributed by atoms with Crippen molar-refractivity contribution in [3.63, 3.8) is 0 Å². The van der Waals surface area contributed by atoms with Crippen LogP contribution in [0.15, 0.2) is 33.3 Å². The first-order valence-corrected chi connectivity index (χ1v) is 6.41. The number of aliphatic hydroxyl groups is 1. The van der Waals surface area contributed by atoms with Crippen molar-refractivity contribution in [2.24, 2.45) is 5.73 Å². The van der Waals surface area contributed by atoms with E-state index in [1.54, 1.807) is 0 Å². The predicted molar refractivity (Wildman–Crippen MR) is 69.9 cm³/mol. The standard InChI is InChI=1S/C12H14BrN3O2/c13-9-3-1-8(2-4-9)7-11-15-12(18-16-11)10(14)5-6-17/h1-4,10,17H,5-7,14H2. The molecule has 6 heteroatoms. The number of nitrogens with two attached hydrogens (primary N) is 1. The second-order valence-electron chi connectivity index (χ2n) is 3.97. The van der Waals surface area contributed by atoms with Crippen molar-refractivity contribution >= 4 is 15.9 Å². The van der Waals surface area contributed by atoms with E-state index in [1.165, 1.54) is 0 Å². The molecule has 1 heterocycles. The summed E-state index contributed by atoms with van der Waals surface area (Å²) in [5.74, 6) is 0.969. The summed E-state index contributed by atoms with van der Waals surface area (Å²) in [6.07, 6.45) is 1.02. The first-order valence-electron chi connectivity index (χ1n) is 5.62. The van der Waals surface area contributed by atoms with Gasteiger partial charge in [0.25, 0.3) is 0 Å². The molecule has 5 nitrogen and oxygen atoms in total. The molecule has 0 bridgehead atoms. The minimum Gasteiger partial charge on any atom is -0.396 e. The molecule has 0 saturated heterocycles. The van der Waals surface area contributed by atoms with Crippen molar-refractivity contribution in [2.75, 3.05) is 6.61 Å². The molecule has 0 aliphatic heterocycles. The first kappa shape index (κ1) is 13.2. The Bertz CT molecular complexity index is 498. The summed E-state index contributed by atoms with van der Waals surface area (Å²) in [5, 5.41) is 12.7. The van der Waals surface area contributed by atoms with Gasteiger partial charge in [0.05, 0.1) is 6.04 Å². The Balaban J connectivity index is 2.04. The van der Waals surface area contributed by atoms with Crippen LogP contribution < -0.4 is 5.73 Å². The zero-order chi connectivity index (χ0) is 13.0. The molecule has 1 aromatic heterocycles. The van der Waals surface area contributed by atoms with E-state index < -0.39 is 6.04 Å². The topological polar surface area (TPSA) is 85.2 Å². The molecule has 0 fully saturated rings. The van der Waals surface area contributed by atoms with E-state index in [2.05, 4.69) is 26.1 Å². The molecular weight excluding hydrogens is 298 g/mol. The summed E-state index contributed by atoms with van der Waals surface area (Å²) in [4.78, 5) is 4.22. The van der Waals surface area contributed by atoms with Gasteiger partial charge in [-0.15, -0.1) is 0 Å². The molecule has 1 atom stereocenters. The number of aromatic nitrogens is 2. The highest BCUT2D eigenvalue weighted by molar-refractivity contribution is 9.10. The van der Waals surface area contributed by atoms with Crippen molar-refractivity contribution in [2.45, 2.75) is 18.9 Å². The molecule has 0 amide bonds. The second kappa shape index (κ2) is 6.08. The summed E-state index contributed by atoms with van der Waals surface area (Å²) < 4.78 is 6.10. The molecule has 3 N–H and O–H groups in total. The van der Waals surface area contributed by atoms with Gasteiger partial charge in [-0.25, -0.2) is 0 Å². The molecule has 0 saturated carbocycles. The van der Waals surface area contributed by atoms with Crippen molar-refractivity contribution in [3.05, 3.63) is 46.0 Å². The minimum absolute atomic E-state index is 0.00555. The van der Waals surface area contributed by atoms with E-state index in [0.29, 0.717) is 24.6 Å².